The maximum atomic E-state index is 13.3. The van der Waals surface area contributed by atoms with Gasteiger partial charge in [-0.2, -0.15) is 5.10 Å². The molecule has 0 fully saturated rings. The molecule has 0 spiro atoms. The maximum absolute atomic E-state index is 13.3. The summed E-state index contributed by atoms with van der Waals surface area (Å²) in [7, 11) is 1.63. The Morgan fingerprint density at radius 1 is 1.12 bits per heavy atom. The van der Waals surface area contributed by atoms with Crippen LogP contribution >= 0.6 is 0 Å². The predicted octanol–water partition coefficient (Wildman–Crippen LogP) is 3.16. The van der Waals surface area contributed by atoms with Crippen LogP contribution in [-0.2, 0) is 22.7 Å². The molecule has 0 saturated heterocycles. The van der Waals surface area contributed by atoms with Gasteiger partial charge in [0.15, 0.2) is 5.78 Å². The Morgan fingerprint density at radius 2 is 1.91 bits per heavy atom. The van der Waals surface area contributed by atoms with Gasteiger partial charge in [-0.1, -0.05) is 30.3 Å². The van der Waals surface area contributed by atoms with Gasteiger partial charge in [0.25, 0.3) is 0 Å². The van der Waals surface area contributed by atoms with E-state index < -0.39 is 0 Å². The third kappa shape index (κ3) is 5.71. The molecule has 2 aromatic carbocycles. The number of amides is 2. The average Bonchev–Trinajstić information content (AvgIpc) is 3.43. The summed E-state index contributed by atoms with van der Waals surface area (Å²) in [6.07, 6.45) is 3.13. The van der Waals surface area contributed by atoms with Gasteiger partial charge in [0, 0.05) is 31.6 Å². The lowest BCUT2D eigenvalue weighted by atomic mass is 10.1. The Labute approximate surface area is 194 Å². The van der Waals surface area contributed by atoms with E-state index in [0.29, 0.717) is 28.1 Å². The van der Waals surface area contributed by atoms with E-state index in [9.17, 15) is 18.8 Å². The number of Topliss-reactive ketones (excluding diaryl/α,β-unsaturated/α-hetero) is 1. The second-order valence-electron chi connectivity index (χ2n) is 7.86. The highest BCUT2D eigenvalue weighted by Gasteiger charge is 2.15. The number of ketones is 1. The number of nitrogens with one attached hydrogen (secondary N) is 2. The van der Waals surface area contributed by atoms with E-state index in [-0.39, 0.29) is 49.3 Å². The minimum absolute atomic E-state index is 0.0340. The molecular weight excluding hydrogens is 439 g/mol. The molecule has 174 valence electrons. The summed E-state index contributed by atoms with van der Waals surface area (Å²) in [4.78, 5) is 45.7. The molecule has 4 aromatic rings. The fraction of sp³-hybridized carbons (Fsp3) is 0.208. The number of aromatic amines is 1. The van der Waals surface area contributed by atoms with Crippen LogP contribution in [0.1, 0.15) is 29.0 Å². The number of carbonyl (C=O) groups is 3. The topological polar surface area (TPSA) is 113 Å². The Balaban J connectivity index is 1.26. The molecule has 0 aliphatic rings. The molecule has 2 heterocycles. The molecule has 2 aromatic heterocycles. The molecule has 4 rings (SSSR count). The van der Waals surface area contributed by atoms with Gasteiger partial charge in [0.2, 0.25) is 11.8 Å². The van der Waals surface area contributed by atoms with Crippen LogP contribution in [0.15, 0.2) is 60.9 Å². The van der Waals surface area contributed by atoms with E-state index in [0.717, 1.165) is 0 Å². The SMILES string of the molecule is CN(Cc1nc2ccc(F)cc2[nH]1)C(=O)Cn1cc(NC(=O)CCC(=O)c2ccccc2)cn1. The molecule has 34 heavy (non-hydrogen) atoms. The maximum Gasteiger partial charge on any atom is 0.244 e. The van der Waals surface area contributed by atoms with Gasteiger partial charge in [-0.05, 0) is 18.2 Å². The van der Waals surface area contributed by atoms with Crippen molar-refractivity contribution in [3.8, 4) is 0 Å². The molecule has 0 radical (unpaired) electrons. The number of hydrogen-bond acceptors (Lipinski definition) is 5. The zero-order valence-electron chi connectivity index (χ0n) is 18.5. The number of fused-ring (bicyclic) bond motifs is 1. The first-order valence-electron chi connectivity index (χ1n) is 10.7. The summed E-state index contributed by atoms with van der Waals surface area (Å²) in [5.41, 5.74) is 2.19. The lowest BCUT2D eigenvalue weighted by molar-refractivity contribution is -0.131. The van der Waals surface area contributed by atoms with Crippen LogP contribution in [0.3, 0.4) is 0 Å². The van der Waals surface area contributed by atoms with Crippen molar-refractivity contribution in [1.29, 1.82) is 0 Å². The number of benzene rings is 2. The number of likely N-dealkylation sites (N-methyl/N-ethyl adjacent to an activating group) is 1. The van der Waals surface area contributed by atoms with E-state index in [1.807, 2.05) is 6.07 Å². The number of imidazole rings is 1. The van der Waals surface area contributed by atoms with E-state index in [1.165, 1.54) is 27.9 Å². The van der Waals surface area contributed by atoms with Crippen molar-refractivity contribution >= 4 is 34.3 Å². The van der Waals surface area contributed by atoms with Crippen molar-refractivity contribution in [3.05, 3.63) is 78.1 Å². The summed E-state index contributed by atoms with van der Waals surface area (Å²) in [5, 5.41) is 6.79. The number of anilines is 1. The van der Waals surface area contributed by atoms with Gasteiger partial charge < -0.3 is 15.2 Å². The Morgan fingerprint density at radius 3 is 2.71 bits per heavy atom. The number of rotatable bonds is 9. The number of aromatic nitrogens is 4. The second kappa shape index (κ2) is 10.1. The standard InChI is InChI=1S/C24H23FN6O3/c1-30(14-22-28-19-8-7-17(25)11-20(19)29-22)24(34)15-31-13-18(12-26-31)27-23(33)10-9-21(32)16-5-3-2-4-6-16/h2-8,11-13H,9-10,14-15H2,1H3,(H,27,33)(H,28,29). The van der Waals surface area contributed by atoms with Crippen LogP contribution in [-0.4, -0.2) is 49.3 Å². The van der Waals surface area contributed by atoms with Crippen LogP contribution in [0.2, 0.25) is 0 Å². The fourth-order valence-corrected chi connectivity index (χ4v) is 3.42. The number of halogens is 1. The third-order valence-corrected chi connectivity index (χ3v) is 5.19. The summed E-state index contributed by atoms with van der Waals surface area (Å²) in [6, 6.07) is 13.1. The van der Waals surface area contributed by atoms with Crippen molar-refractivity contribution in [2.75, 3.05) is 12.4 Å². The number of nitrogens with zero attached hydrogens (tertiary/aromatic N) is 4. The van der Waals surface area contributed by atoms with Crippen LogP contribution in [0.5, 0.6) is 0 Å². The molecule has 0 saturated carbocycles. The molecular formula is C24H23FN6O3. The van der Waals surface area contributed by atoms with Gasteiger partial charge in [0.05, 0.1) is 29.5 Å². The lowest BCUT2D eigenvalue weighted by Crippen LogP contribution is -2.30. The zero-order valence-corrected chi connectivity index (χ0v) is 18.5. The highest BCUT2D eigenvalue weighted by atomic mass is 19.1. The smallest absolute Gasteiger partial charge is 0.244 e. The first-order chi connectivity index (χ1) is 16.4. The van der Waals surface area contributed by atoms with Crippen LogP contribution in [0.25, 0.3) is 11.0 Å². The van der Waals surface area contributed by atoms with Gasteiger partial charge in [-0.15, -0.1) is 0 Å². The molecule has 0 aliphatic carbocycles. The zero-order chi connectivity index (χ0) is 24.1. The van der Waals surface area contributed by atoms with Crippen LogP contribution < -0.4 is 5.32 Å². The van der Waals surface area contributed by atoms with Crippen LogP contribution in [0, 0.1) is 5.82 Å². The van der Waals surface area contributed by atoms with Crippen molar-refractivity contribution in [1.82, 2.24) is 24.6 Å². The van der Waals surface area contributed by atoms with Gasteiger partial charge >= 0.3 is 0 Å². The average molecular weight is 462 g/mol. The number of hydrogen-bond donors (Lipinski definition) is 2. The van der Waals surface area contributed by atoms with E-state index in [1.54, 1.807) is 43.6 Å². The van der Waals surface area contributed by atoms with Crippen LogP contribution in [0.4, 0.5) is 10.1 Å². The summed E-state index contributed by atoms with van der Waals surface area (Å²) in [6.45, 7) is 0.184. The van der Waals surface area contributed by atoms with Crippen molar-refractivity contribution in [2.24, 2.45) is 0 Å². The predicted molar refractivity (Wildman–Crippen MR) is 123 cm³/mol. The molecule has 0 aliphatic heterocycles. The largest absolute Gasteiger partial charge is 0.340 e. The monoisotopic (exact) mass is 462 g/mol. The summed E-state index contributed by atoms with van der Waals surface area (Å²) < 4.78 is 14.8. The lowest BCUT2D eigenvalue weighted by Gasteiger charge is -2.15. The molecule has 9 nitrogen and oxygen atoms in total. The normalized spacial score (nSPS) is 10.9. The highest BCUT2D eigenvalue weighted by molar-refractivity contribution is 5.99. The fourth-order valence-electron chi connectivity index (χ4n) is 3.42. The van der Waals surface area contributed by atoms with Gasteiger partial charge in [0.1, 0.15) is 18.2 Å². The van der Waals surface area contributed by atoms with Crippen molar-refractivity contribution in [3.63, 3.8) is 0 Å². The van der Waals surface area contributed by atoms with Crippen molar-refractivity contribution in [2.45, 2.75) is 25.9 Å². The van der Waals surface area contributed by atoms with Gasteiger partial charge in [-0.25, -0.2) is 9.37 Å². The third-order valence-electron chi connectivity index (χ3n) is 5.19. The highest BCUT2D eigenvalue weighted by Crippen LogP contribution is 2.14. The number of carbonyl (C=O) groups excluding carboxylic acids is 3. The first-order valence-corrected chi connectivity index (χ1v) is 10.7. The first kappa shape index (κ1) is 22.8. The van der Waals surface area contributed by atoms with E-state index in [2.05, 4.69) is 20.4 Å². The number of H-pyrrole nitrogens is 1. The quantitative estimate of drug-likeness (QED) is 0.371. The Kier molecular flexibility index (Phi) is 6.77. The Bertz CT molecular complexity index is 1330. The van der Waals surface area contributed by atoms with E-state index in [4.69, 9.17) is 0 Å². The molecule has 10 heteroatoms. The summed E-state index contributed by atoms with van der Waals surface area (Å²) >= 11 is 0. The molecule has 2 N–H and O–H groups in total. The Hall–Kier alpha value is -4.34. The summed E-state index contributed by atoms with van der Waals surface area (Å²) in [5.74, 6) is -0.462. The minimum Gasteiger partial charge on any atom is -0.340 e. The molecule has 0 atom stereocenters. The van der Waals surface area contributed by atoms with Gasteiger partial charge in [-0.3, -0.25) is 19.1 Å². The van der Waals surface area contributed by atoms with E-state index >= 15 is 0 Å². The molecule has 2 amide bonds. The van der Waals surface area contributed by atoms with Crippen molar-refractivity contribution < 1.29 is 18.8 Å². The second-order valence-corrected chi connectivity index (χ2v) is 7.86. The minimum atomic E-state index is -0.364. The molecule has 0 unspecified atom stereocenters. The molecule has 0 bridgehead atoms.